The molecule has 3 aliphatic carbocycles. The highest BCUT2D eigenvalue weighted by Gasteiger charge is 2.70. The zero-order chi connectivity index (χ0) is 6.77. The number of fused-ring (bicyclic) bond motifs is 1. The number of rotatable bonds is 1. The van der Waals surface area contributed by atoms with Crippen LogP contribution in [0.5, 0.6) is 0 Å². The summed E-state index contributed by atoms with van der Waals surface area (Å²) in [7, 11) is 0. The van der Waals surface area contributed by atoms with Gasteiger partial charge in [-0.3, -0.25) is 0 Å². The Bertz CT molecular complexity index is 162. The summed E-state index contributed by atoms with van der Waals surface area (Å²) < 4.78 is 0. The molecule has 1 heteroatoms. The first kappa shape index (κ1) is 5.59. The molecule has 0 bridgehead atoms. The van der Waals surface area contributed by atoms with Crippen LogP contribution < -0.4 is 0 Å². The molecule has 10 heavy (non-hydrogen) atoms. The van der Waals surface area contributed by atoms with E-state index in [1.54, 1.807) is 0 Å². The van der Waals surface area contributed by atoms with Gasteiger partial charge in [0.15, 0.2) is 0 Å². The van der Waals surface area contributed by atoms with Crippen molar-refractivity contribution >= 4 is 0 Å². The quantitative estimate of drug-likeness (QED) is 0.583. The second kappa shape index (κ2) is 1.42. The Hall–Kier alpha value is -0.0400. The molecule has 3 fully saturated rings. The fraction of sp³-hybridized carbons (Fsp3) is 1.00. The summed E-state index contributed by atoms with van der Waals surface area (Å²) >= 11 is 0. The van der Waals surface area contributed by atoms with E-state index in [0.29, 0.717) is 0 Å². The molecule has 3 rings (SSSR count). The summed E-state index contributed by atoms with van der Waals surface area (Å²) in [6.07, 6.45) is 6.63. The van der Waals surface area contributed by atoms with Crippen molar-refractivity contribution in [3.63, 3.8) is 0 Å². The number of aliphatic hydroxyl groups is 1. The minimum Gasteiger partial charge on any atom is -0.389 e. The van der Waals surface area contributed by atoms with Gasteiger partial charge in [0.25, 0.3) is 0 Å². The van der Waals surface area contributed by atoms with Gasteiger partial charge < -0.3 is 5.11 Å². The lowest BCUT2D eigenvalue weighted by Gasteiger charge is -2.11. The van der Waals surface area contributed by atoms with Crippen LogP contribution in [0.15, 0.2) is 0 Å². The van der Waals surface area contributed by atoms with Gasteiger partial charge in [0.05, 0.1) is 5.60 Å². The minimum absolute atomic E-state index is 0.127. The lowest BCUT2D eigenvalue weighted by molar-refractivity contribution is 0.0831. The van der Waals surface area contributed by atoms with Crippen LogP contribution in [0.3, 0.4) is 0 Å². The first-order valence-corrected chi connectivity index (χ1v) is 4.56. The molecule has 3 aliphatic rings. The molecular weight excluding hydrogens is 124 g/mol. The Kier molecular flexibility index (Phi) is 0.797. The molecule has 1 nitrogen and oxygen atoms in total. The summed E-state index contributed by atoms with van der Waals surface area (Å²) in [5.41, 5.74) is -0.127. The lowest BCUT2D eigenvalue weighted by atomic mass is 10.0. The molecule has 0 aliphatic heterocycles. The van der Waals surface area contributed by atoms with Gasteiger partial charge in [-0.05, 0) is 43.4 Å². The summed E-state index contributed by atoms with van der Waals surface area (Å²) in [6, 6.07) is 0. The fourth-order valence-corrected chi connectivity index (χ4v) is 3.12. The van der Waals surface area contributed by atoms with Crippen molar-refractivity contribution < 1.29 is 5.11 Å². The minimum atomic E-state index is -0.127. The smallest absolute Gasteiger partial charge is 0.0739 e. The summed E-state index contributed by atoms with van der Waals surface area (Å²) in [5.74, 6) is 2.20. The molecular formula is C9H14O. The van der Waals surface area contributed by atoms with Crippen LogP contribution in [0, 0.1) is 17.8 Å². The average molecular weight is 138 g/mol. The largest absolute Gasteiger partial charge is 0.389 e. The Morgan fingerprint density at radius 3 is 2.10 bits per heavy atom. The second-order valence-electron chi connectivity index (χ2n) is 4.31. The molecule has 0 heterocycles. The van der Waals surface area contributed by atoms with E-state index in [1.165, 1.54) is 32.1 Å². The second-order valence-corrected chi connectivity index (χ2v) is 4.31. The van der Waals surface area contributed by atoms with Gasteiger partial charge in [0.2, 0.25) is 0 Å². The molecule has 0 radical (unpaired) electrons. The van der Waals surface area contributed by atoms with Gasteiger partial charge >= 0.3 is 0 Å². The third-order valence-electron chi connectivity index (χ3n) is 3.83. The third kappa shape index (κ3) is 0.460. The molecule has 56 valence electrons. The van der Waals surface area contributed by atoms with E-state index in [1.807, 2.05) is 0 Å². The number of hydrogen-bond acceptors (Lipinski definition) is 1. The van der Waals surface area contributed by atoms with Crippen molar-refractivity contribution in [2.75, 3.05) is 0 Å². The molecule has 0 aromatic carbocycles. The lowest BCUT2D eigenvalue weighted by Crippen LogP contribution is -2.17. The monoisotopic (exact) mass is 138 g/mol. The Balaban J connectivity index is 1.83. The van der Waals surface area contributed by atoms with E-state index in [9.17, 15) is 5.11 Å². The van der Waals surface area contributed by atoms with Crippen LogP contribution in [0.2, 0.25) is 0 Å². The van der Waals surface area contributed by atoms with Gasteiger partial charge in [-0.2, -0.15) is 0 Å². The van der Waals surface area contributed by atoms with E-state index in [0.717, 1.165) is 17.8 Å². The first-order chi connectivity index (χ1) is 4.83. The van der Waals surface area contributed by atoms with Gasteiger partial charge in [0, 0.05) is 0 Å². The van der Waals surface area contributed by atoms with E-state index < -0.39 is 0 Å². The van der Waals surface area contributed by atoms with Crippen molar-refractivity contribution in [1.29, 1.82) is 0 Å². The highest BCUT2D eigenvalue weighted by molar-refractivity contribution is 5.20. The van der Waals surface area contributed by atoms with Crippen LogP contribution in [0.25, 0.3) is 0 Å². The molecule has 0 spiro atoms. The zero-order valence-electron chi connectivity index (χ0n) is 6.21. The van der Waals surface area contributed by atoms with E-state index >= 15 is 0 Å². The topological polar surface area (TPSA) is 20.2 Å². The maximum absolute atomic E-state index is 10.0. The number of hydrogen-bond donors (Lipinski definition) is 1. The van der Waals surface area contributed by atoms with Crippen LogP contribution in [0.4, 0.5) is 0 Å². The molecule has 0 amide bonds. The fourth-order valence-electron chi connectivity index (χ4n) is 3.12. The van der Waals surface area contributed by atoms with E-state index in [2.05, 4.69) is 0 Å². The molecule has 2 unspecified atom stereocenters. The van der Waals surface area contributed by atoms with Crippen molar-refractivity contribution in [2.45, 2.75) is 37.7 Å². The Labute approximate surface area is 61.4 Å². The van der Waals surface area contributed by atoms with Crippen molar-refractivity contribution in [3.8, 4) is 0 Å². The molecule has 1 N–H and O–H groups in total. The summed E-state index contributed by atoms with van der Waals surface area (Å²) in [4.78, 5) is 0. The highest BCUT2D eigenvalue weighted by Crippen LogP contribution is 2.68. The van der Waals surface area contributed by atoms with Gasteiger partial charge in [-0.15, -0.1) is 0 Å². The molecule has 3 saturated carbocycles. The van der Waals surface area contributed by atoms with Gasteiger partial charge in [-0.1, -0.05) is 6.42 Å². The van der Waals surface area contributed by atoms with Crippen molar-refractivity contribution in [1.82, 2.24) is 0 Å². The maximum atomic E-state index is 10.0. The highest BCUT2D eigenvalue weighted by atomic mass is 16.3. The summed E-state index contributed by atoms with van der Waals surface area (Å²) in [5, 5.41) is 10.0. The molecule has 2 atom stereocenters. The Morgan fingerprint density at radius 1 is 1.00 bits per heavy atom. The molecule has 0 aromatic heterocycles. The van der Waals surface area contributed by atoms with Gasteiger partial charge in [-0.25, -0.2) is 0 Å². The third-order valence-corrected chi connectivity index (χ3v) is 3.83. The van der Waals surface area contributed by atoms with Crippen LogP contribution in [-0.2, 0) is 0 Å². The molecule has 0 saturated heterocycles. The normalized spacial score (nSPS) is 58.5. The maximum Gasteiger partial charge on any atom is 0.0739 e. The molecule has 0 aromatic rings. The van der Waals surface area contributed by atoms with Crippen molar-refractivity contribution in [2.24, 2.45) is 17.8 Å². The standard InChI is InChI=1S/C9H14O/c10-9(6-4-5-6)7-2-1-3-8(7)9/h6-8,10H,1-5H2. The average Bonchev–Trinajstić information content (AvgIpc) is 2.77. The predicted octanol–water partition coefficient (Wildman–Crippen LogP) is 1.56. The van der Waals surface area contributed by atoms with Crippen molar-refractivity contribution in [3.05, 3.63) is 0 Å². The SMILES string of the molecule is OC1(C2CC2)C2CCCC21. The van der Waals surface area contributed by atoms with Crippen LogP contribution >= 0.6 is 0 Å². The zero-order valence-corrected chi connectivity index (χ0v) is 6.21. The predicted molar refractivity (Wildman–Crippen MR) is 38.5 cm³/mol. The first-order valence-electron chi connectivity index (χ1n) is 4.56. The Morgan fingerprint density at radius 2 is 1.60 bits per heavy atom. The summed E-state index contributed by atoms with van der Waals surface area (Å²) in [6.45, 7) is 0. The van der Waals surface area contributed by atoms with Crippen LogP contribution in [-0.4, -0.2) is 10.7 Å². The van der Waals surface area contributed by atoms with Gasteiger partial charge in [0.1, 0.15) is 0 Å². The van der Waals surface area contributed by atoms with Crippen LogP contribution in [0.1, 0.15) is 32.1 Å². The van der Waals surface area contributed by atoms with E-state index in [4.69, 9.17) is 0 Å². The van der Waals surface area contributed by atoms with E-state index in [-0.39, 0.29) is 5.60 Å².